The van der Waals surface area contributed by atoms with Gasteiger partial charge in [-0.15, -0.1) is 0 Å². The number of rotatable bonds is 12. The van der Waals surface area contributed by atoms with Crippen molar-refractivity contribution in [2.75, 3.05) is 32.9 Å². The summed E-state index contributed by atoms with van der Waals surface area (Å²) < 4.78 is 25.7. The molecule has 0 radical (unpaired) electrons. The van der Waals surface area contributed by atoms with Gasteiger partial charge in [-0.2, -0.15) is 4.99 Å². The number of nitrogens with zero attached hydrogens (tertiary/aromatic N) is 2. The van der Waals surface area contributed by atoms with Crippen LogP contribution in [0.2, 0.25) is 0 Å². The Morgan fingerprint density at radius 1 is 0.917 bits per heavy atom. The number of nitrogens with two attached hydrogens (primary N) is 1. The van der Waals surface area contributed by atoms with Crippen LogP contribution in [0.1, 0.15) is 68.9 Å². The van der Waals surface area contributed by atoms with Gasteiger partial charge in [0.05, 0.1) is 19.3 Å². The topological polar surface area (TPSA) is 185 Å². The first-order valence-corrected chi connectivity index (χ1v) is 15.8. The van der Waals surface area contributed by atoms with Gasteiger partial charge >= 0.3 is 18.2 Å². The second-order valence-corrected chi connectivity index (χ2v) is 11.9. The van der Waals surface area contributed by atoms with Crippen LogP contribution in [0.15, 0.2) is 53.5 Å². The zero-order valence-electron chi connectivity index (χ0n) is 28.0. The van der Waals surface area contributed by atoms with Crippen LogP contribution in [-0.4, -0.2) is 91.4 Å². The van der Waals surface area contributed by atoms with Crippen LogP contribution >= 0.6 is 0 Å². The van der Waals surface area contributed by atoms with Crippen LogP contribution in [-0.2, 0) is 35.0 Å². The predicted molar refractivity (Wildman–Crippen MR) is 175 cm³/mol. The third-order valence-electron chi connectivity index (χ3n) is 6.96. The molecule has 260 valence electrons. The minimum atomic E-state index is -0.941. The summed E-state index contributed by atoms with van der Waals surface area (Å²) in [6.45, 7) is 9.54. The lowest BCUT2D eigenvalue weighted by Gasteiger charge is -2.34. The summed E-state index contributed by atoms with van der Waals surface area (Å²) in [6.07, 6.45) is -0.714. The summed E-state index contributed by atoms with van der Waals surface area (Å²) >= 11 is 0. The van der Waals surface area contributed by atoms with Crippen LogP contribution in [0.4, 0.5) is 9.59 Å². The van der Waals surface area contributed by atoms with E-state index in [0.29, 0.717) is 37.1 Å². The van der Waals surface area contributed by atoms with E-state index in [4.69, 9.17) is 29.4 Å². The van der Waals surface area contributed by atoms with Crippen molar-refractivity contribution in [1.82, 2.24) is 10.2 Å². The maximum absolute atomic E-state index is 13.8. The molecule has 3 rings (SSSR count). The highest BCUT2D eigenvalue weighted by molar-refractivity contribution is 6.04. The maximum atomic E-state index is 13.8. The number of hydrogen-bond acceptors (Lipinski definition) is 10. The molecule has 1 aliphatic heterocycles. The molecule has 2 aromatic rings. The van der Waals surface area contributed by atoms with Crippen molar-refractivity contribution in [2.24, 2.45) is 10.7 Å². The van der Waals surface area contributed by atoms with Gasteiger partial charge in [0.15, 0.2) is 0 Å². The van der Waals surface area contributed by atoms with Gasteiger partial charge in [-0.1, -0.05) is 24.3 Å². The largest absolute Gasteiger partial charge is 0.513 e. The number of amidine groups is 1. The van der Waals surface area contributed by atoms with Crippen LogP contribution in [0.3, 0.4) is 0 Å². The normalized spacial score (nSPS) is 14.4. The fourth-order valence-electron chi connectivity index (χ4n) is 4.75. The van der Waals surface area contributed by atoms with E-state index in [1.165, 1.54) is 24.3 Å². The number of piperidine rings is 1. The molecule has 3 N–H and O–H groups in total. The first-order valence-electron chi connectivity index (χ1n) is 15.8. The van der Waals surface area contributed by atoms with Crippen molar-refractivity contribution in [1.29, 1.82) is 0 Å². The molecule has 0 unspecified atom stereocenters. The molecule has 0 saturated carbocycles. The second kappa shape index (κ2) is 17.8. The third-order valence-corrected chi connectivity index (χ3v) is 6.96. The molecule has 1 saturated heterocycles. The molecule has 1 atom stereocenters. The van der Waals surface area contributed by atoms with Crippen molar-refractivity contribution < 1.29 is 47.7 Å². The molecule has 0 aliphatic carbocycles. The Morgan fingerprint density at radius 2 is 1.52 bits per heavy atom. The minimum absolute atomic E-state index is 0.0673. The van der Waals surface area contributed by atoms with E-state index in [-0.39, 0.29) is 55.4 Å². The summed E-state index contributed by atoms with van der Waals surface area (Å²) in [5, 5.41) is 2.85. The van der Waals surface area contributed by atoms with Gasteiger partial charge in [-0.05, 0) is 77.3 Å². The fourth-order valence-corrected chi connectivity index (χ4v) is 4.75. The van der Waals surface area contributed by atoms with Crippen molar-refractivity contribution in [2.45, 2.75) is 71.6 Å². The number of nitrogens with one attached hydrogen (secondary N) is 1. The van der Waals surface area contributed by atoms with E-state index in [1.807, 2.05) is 0 Å². The van der Waals surface area contributed by atoms with Gasteiger partial charge in [0.2, 0.25) is 5.91 Å². The Balaban J connectivity index is 1.71. The standard InChI is InChI=1S/C34H44N4O10/c1-6-44-32(42)37-29(35)23-10-12-24(13-11-23)30(40)36-27(20-22-8-14-26(15-9-22)47-33(43)45-7-2)31(41)38-18-16-25(17-19-38)46-21-28(39)48-34(3,4)5/h8-15,25,27H,6-7,16-21H2,1-5H3,(H,36,40)(H2,35,37,42)/t27-/m0/s1. The first-order chi connectivity index (χ1) is 22.8. The van der Waals surface area contributed by atoms with E-state index in [9.17, 15) is 24.0 Å². The molecule has 14 heteroatoms. The fraction of sp³-hybridized carbons (Fsp3) is 0.471. The molecular weight excluding hydrogens is 624 g/mol. The monoisotopic (exact) mass is 668 g/mol. The van der Waals surface area contributed by atoms with Crippen LogP contribution in [0.25, 0.3) is 0 Å². The summed E-state index contributed by atoms with van der Waals surface area (Å²) in [7, 11) is 0. The molecule has 1 fully saturated rings. The van der Waals surface area contributed by atoms with Crippen molar-refractivity contribution in [3.05, 3.63) is 65.2 Å². The summed E-state index contributed by atoms with van der Waals surface area (Å²) in [5.41, 5.74) is 6.66. The van der Waals surface area contributed by atoms with Crippen molar-refractivity contribution >= 4 is 35.9 Å². The number of ether oxygens (including phenoxy) is 5. The SMILES string of the molecule is CCOC(=O)/N=C(\N)c1ccc(C(=O)N[C@@H](Cc2ccc(OC(=O)OCC)cc2)C(=O)N2CCC(OCC(=O)OC(C)(C)C)CC2)cc1. The van der Waals surface area contributed by atoms with Gasteiger partial charge < -0.3 is 39.6 Å². The third kappa shape index (κ3) is 12.3. The number of carbonyl (C=O) groups is 5. The summed E-state index contributed by atoms with van der Waals surface area (Å²) in [4.78, 5) is 67.9. The number of likely N-dealkylation sites (tertiary alicyclic amines) is 1. The number of esters is 1. The summed E-state index contributed by atoms with van der Waals surface area (Å²) in [6, 6.07) is 11.7. The first kappa shape index (κ1) is 37.5. The zero-order chi connectivity index (χ0) is 35.3. The molecule has 1 aliphatic rings. The van der Waals surface area contributed by atoms with Crippen LogP contribution < -0.4 is 15.8 Å². The molecule has 3 amide bonds. The minimum Gasteiger partial charge on any atom is -0.458 e. The van der Waals surface area contributed by atoms with Crippen LogP contribution in [0.5, 0.6) is 5.75 Å². The number of benzene rings is 2. The molecule has 14 nitrogen and oxygen atoms in total. The molecule has 0 bridgehead atoms. The van der Waals surface area contributed by atoms with Gasteiger partial charge in [0, 0.05) is 30.6 Å². The lowest BCUT2D eigenvalue weighted by Crippen LogP contribution is -2.52. The summed E-state index contributed by atoms with van der Waals surface area (Å²) in [5.74, 6) is -1.04. The Labute approximate surface area is 279 Å². The van der Waals surface area contributed by atoms with Gasteiger partial charge in [-0.3, -0.25) is 9.59 Å². The number of amides is 3. The van der Waals surface area contributed by atoms with Crippen molar-refractivity contribution in [3.63, 3.8) is 0 Å². The smallest absolute Gasteiger partial charge is 0.458 e. The highest BCUT2D eigenvalue weighted by Gasteiger charge is 2.31. The van der Waals surface area contributed by atoms with E-state index < -0.39 is 35.8 Å². The van der Waals surface area contributed by atoms with Crippen molar-refractivity contribution in [3.8, 4) is 5.75 Å². The Hall–Kier alpha value is -4.98. The van der Waals surface area contributed by atoms with E-state index in [0.717, 1.165) is 0 Å². The molecule has 1 heterocycles. The lowest BCUT2D eigenvalue weighted by atomic mass is 10.0. The Morgan fingerprint density at radius 3 is 2.10 bits per heavy atom. The van der Waals surface area contributed by atoms with E-state index in [2.05, 4.69) is 10.3 Å². The lowest BCUT2D eigenvalue weighted by molar-refractivity contribution is -0.163. The number of aliphatic imine (C=N–C) groups is 1. The predicted octanol–water partition coefficient (Wildman–Crippen LogP) is 3.77. The highest BCUT2D eigenvalue weighted by atomic mass is 16.7. The molecular formula is C34H44N4O10. The highest BCUT2D eigenvalue weighted by Crippen LogP contribution is 2.19. The van der Waals surface area contributed by atoms with Gasteiger partial charge in [0.25, 0.3) is 5.91 Å². The van der Waals surface area contributed by atoms with E-state index in [1.54, 1.807) is 63.8 Å². The van der Waals surface area contributed by atoms with Crippen LogP contribution in [0, 0.1) is 0 Å². The zero-order valence-corrected chi connectivity index (χ0v) is 28.0. The molecule has 48 heavy (non-hydrogen) atoms. The average Bonchev–Trinajstić information content (AvgIpc) is 3.03. The van der Waals surface area contributed by atoms with E-state index >= 15 is 0 Å². The average molecular weight is 669 g/mol. The quantitative estimate of drug-likeness (QED) is 0.110. The molecule has 2 aromatic carbocycles. The van der Waals surface area contributed by atoms with Gasteiger partial charge in [-0.25, -0.2) is 14.4 Å². The Bertz CT molecular complexity index is 1440. The molecule has 0 aromatic heterocycles. The number of hydrogen-bond donors (Lipinski definition) is 2. The maximum Gasteiger partial charge on any atom is 0.513 e. The second-order valence-electron chi connectivity index (χ2n) is 11.9. The Kier molecular flexibility index (Phi) is 13.9. The van der Waals surface area contributed by atoms with Gasteiger partial charge in [0.1, 0.15) is 29.8 Å². The number of carbonyl (C=O) groups excluding carboxylic acids is 5. The molecule has 0 spiro atoms.